The van der Waals surface area contributed by atoms with Crippen LogP contribution in [-0.4, -0.2) is 47.0 Å². The summed E-state index contributed by atoms with van der Waals surface area (Å²) in [6, 6.07) is 10.2. The monoisotopic (exact) mass is 443 g/mol. The Labute approximate surface area is 189 Å². The van der Waals surface area contributed by atoms with E-state index in [9.17, 15) is 9.59 Å². The second-order valence-corrected chi connectivity index (χ2v) is 9.86. The van der Waals surface area contributed by atoms with Gasteiger partial charge in [-0.15, -0.1) is 11.3 Å². The van der Waals surface area contributed by atoms with Crippen LogP contribution < -0.4 is 5.32 Å². The topological polar surface area (TPSA) is 61.9 Å². The van der Waals surface area contributed by atoms with Crippen LogP contribution in [0.3, 0.4) is 0 Å². The second-order valence-electron chi connectivity index (χ2n) is 8.76. The number of esters is 1. The molecule has 0 spiro atoms. The largest absolute Gasteiger partial charge is 0.456 e. The van der Waals surface area contributed by atoms with Crippen molar-refractivity contribution >= 4 is 28.3 Å². The Balaban J connectivity index is 1.88. The number of rotatable bonds is 6. The van der Waals surface area contributed by atoms with Gasteiger partial charge in [-0.1, -0.05) is 30.3 Å². The maximum atomic E-state index is 13.1. The fourth-order valence-electron chi connectivity index (χ4n) is 3.75. The van der Waals surface area contributed by atoms with E-state index in [0.29, 0.717) is 23.7 Å². The van der Waals surface area contributed by atoms with Crippen molar-refractivity contribution < 1.29 is 14.3 Å². The zero-order valence-electron chi connectivity index (χ0n) is 19.2. The first-order valence-corrected chi connectivity index (χ1v) is 11.7. The molecule has 0 aliphatic carbocycles. The van der Waals surface area contributed by atoms with Gasteiger partial charge in [0, 0.05) is 37.6 Å². The summed E-state index contributed by atoms with van der Waals surface area (Å²) in [6.45, 7) is 13.2. The van der Waals surface area contributed by atoms with E-state index in [2.05, 4.69) is 34.5 Å². The molecule has 0 fully saturated rings. The van der Waals surface area contributed by atoms with Gasteiger partial charge in [-0.25, -0.2) is 9.59 Å². The van der Waals surface area contributed by atoms with Crippen LogP contribution >= 0.6 is 11.3 Å². The number of urea groups is 1. The van der Waals surface area contributed by atoms with Gasteiger partial charge in [0.15, 0.2) is 0 Å². The highest BCUT2D eigenvalue weighted by Crippen LogP contribution is 2.38. The molecule has 0 saturated heterocycles. The lowest BCUT2D eigenvalue weighted by Crippen LogP contribution is -2.35. The van der Waals surface area contributed by atoms with Crippen LogP contribution in [-0.2, 0) is 24.2 Å². The molecule has 0 unspecified atom stereocenters. The molecule has 0 atom stereocenters. The third-order valence-electron chi connectivity index (χ3n) is 5.26. The van der Waals surface area contributed by atoms with Gasteiger partial charge in [0.1, 0.15) is 10.6 Å². The number of fused-ring (bicyclic) bond motifs is 1. The van der Waals surface area contributed by atoms with E-state index in [1.54, 1.807) is 4.90 Å². The quantitative estimate of drug-likeness (QED) is 0.628. The summed E-state index contributed by atoms with van der Waals surface area (Å²) in [7, 11) is 0. The average molecular weight is 444 g/mol. The molecule has 1 aliphatic heterocycles. The fraction of sp³-hybridized carbons (Fsp3) is 0.500. The van der Waals surface area contributed by atoms with Crippen LogP contribution in [0.4, 0.5) is 9.80 Å². The lowest BCUT2D eigenvalue weighted by Gasteiger charge is -2.27. The molecule has 168 valence electrons. The van der Waals surface area contributed by atoms with Crippen LogP contribution in [0, 0.1) is 0 Å². The van der Waals surface area contributed by atoms with Crippen LogP contribution in [0.5, 0.6) is 0 Å². The lowest BCUT2D eigenvalue weighted by atomic mass is 10.0. The highest BCUT2D eigenvalue weighted by atomic mass is 32.1. The minimum Gasteiger partial charge on any atom is -0.456 e. The standard InChI is InChI=1S/C24H33N3O3S/c1-6-27(7-2)23(29)25-21-20(22(28)30-24(3,4)5)18-13-14-26(16-19(18)31-21)15-17-11-9-8-10-12-17/h8-12H,6-7,13-16H2,1-5H3,(H,25,29). The van der Waals surface area contributed by atoms with Crippen LogP contribution in [0.2, 0.25) is 0 Å². The van der Waals surface area contributed by atoms with Gasteiger partial charge in [0.2, 0.25) is 0 Å². The molecule has 2 amide bonds. The maximum Gasteiger partial charge on any atom is 0.341 e. The molecule has 31 heavy (non-hydrogen) atoms. The molecule has 7 heteroatoms. The Bertz CT molecular complexity index is 914. The number of anilines is 1. The number of hydrogen-bond acceptors (Lipinski definition) is 5. The normalized spacial score (nSPS) is 14.1. The average Bonchev–Trinajstić information content (AvgIpc) is 3.05. The molecule has 0 bridgehead atoms. The van der Waals surface area contributed by atoms with E-state index in [4.69, 9.17) is 4.74 Å². The molecule has 2 aromatic rings. The number of nitrogens with zero attached hydrogens (tertiary/aromatic N) is 2. The van der Waals surface area contributed by atoms with Crippen molar-refractivity contribution in [1.82, 2.24) is 9.80 Å². The van der Waals surface area contributed by atoms with Crippen molar-refractivity contribution in [1.29, 1.82) is 0 Å². The summed E-state index contributed by atoms with van der Waals surface area (Å²) < 4.78 is 5.70. The predicted octanol–water partition coefficient (Wildman–Crippen LogP) is 5.14. The first-order chi connectivity index (χ1) is 14.7. The van der Waals surface area contributed by atoms with E-state index in [-0.39, 0.29) is 12.0 Å². The highest BCUT2D eigenvalue weighted by Gasteiger charge is 2.31. The second kappa shape index (κ2) is 9.83. The Morgan fingerprint density at radius 1 is 1.16 bits per heavy atom. The summed E-state index contributed by atoms with van der Waals surface area (Å²) in [4.78, 5) is 31.0. The molecule has 1 N–H and O–H groups in total. The molecule has 1 aromatic heterocycles. The van der Waals surface area contributed by atoms with E-state index >= 15 is 0 Å². The first kappa shape index (κ1) is 23.3. The number of carbonyl (C=O) groups excluding carboxylic acids is 2. The van der Waals surface area contributed by atoms with Crippen LogP contribution in [0.15, 0.2) is 30.3 Å². The van der Waals surface area contributed by atoms with Crippen molar-refractivity contribution in [3.63, 3.8) is 0 Å². The van der Waals surface area contributed by atoms with Crippen molar-refractivity contribution in [2.75, 3.05) is 25.0 Å². The molecular formula is C24H33N3O3S. The maximum absolute atomic E-state index is 13.1. The molecule has 1 aromatic carbocycles. The van der Waals surface area contributed by atoms with E-state index in [0.717, 1.165) is 36.5 Å². The van der Waals surface area contributed by atoms with Crippen LogP contribution in [0.25, 0.3) is 0 Å². The summed E-state index contributed by atoms with van der Waals surface area (Å²) >= 11 is 1.50. The number of carbonyl (C=O) groups is 2. The third kappa shape index (κ3) is 5.86. The number of benzene rings is 1. The molecule has 0 saturated carbocycles. The fourth-order valence-corrected chi connectivity index (χ4v) is 5.02. The molecule has 0 radical (unpaired) electrons. The van der Waals surface area contributed by atoms with Gasteiger partial charge in [0.05, 0.1) is 5.56 Å². The highest BCUT2D eigenvalue weighted by molar-refractivity contribution is 7.17. The Kier molecular flexibility index (Phi) is 7.38. The number of hydrogen-bond donors (Lipinski definition) is 1. The van der Waals surface area contributed by atoms with Crippen molar-refractivity contribution in [2.45, 2.75) is 59.7 Å². The summed E-state index contributed by atoms with van der Waals surface area (Å²) in [5.41, 5.74) is 2.21. The molecule has 3 rings (SSSR count). The summed E-state index contributed by atoms with van der Waals surface area (Å²) in [6.07, 6.45) is 0.758. The lowest BCUT2D eigenvalue weighted by molar-refractivity contribution is 0.00695. The number of thiophene rings is 1. The van der Waals surface area contributed by atoms with E-state index in [1.165, 1.54) is 16.9 Å². The minimum atomic E-state index is -0.597. The van der Waals surface area contributed by atoms with Gasteiger partial charge in [-0.2, -0.15) is 0 Å². The zero-order chi connectivity index (χ0) is 22.6. The first-order valence-electron chi connectivity index (χ1n) is 10.9. The molecular weight excluding hydrogens is 410 g/mol. The molecule has 1 aliphatic rings. The SMILES string of the molecule is CCN(CC)C(=O)Nc1sc2c(c1C(=O)OC(C)(C)C)CCN(Cc1ccccc1)C2. The van der Waals surface area contributed by atoms with Gasteiger partial charge in [0.25, 0.3) is 0 Å². The number of ether oxygens (including phenoxy) is 1. The number of amides is 2. The van der Waals surface area contributed by atoms with Crippen LogP contribution in [0.1, 0.15) is 61.0 Å². The van der Waals surface area contributed by atoms with Crippen molar-refractivity contribution in [2.24, 2.45) is 0 Å². The Morgan fingerprint density at radius 3 is 2.45 bits per heavy atom. The van der Waals surface area contributed by atoms with Gasteiger partial charge in [-0.3, -0.25) is 10.2 Å². The third-order valence-corrected chi connectivity index (χ3v) is 6.39. The predicted molar refractivity (Wildman–Crippen MR) is 126 cm³/mol. The van der Waals surface area contributed by atoms with Gasteiger partial charge in [-0.05, 0) is 52.2 Å². The summed E-state index contributed by atoms with van der Waals surface area (Å²) in [5.74, 6) is -0.364. The smallest absolute Gasteiger partial charge is 0.341 e. The van der Waals surface area contributed by atoms with Crippen molar-refractivity contribution in [3.8, 4) is 0 Å². The zero-order valence-corrected chi connectivity index (χ0v) is 20.0. The van der Waals surface area contributed by atoms with Gasteiger partial charge >= 0.3 is 12.0 Å². The van der Waals surface area contributed by atoms with Crippen molar-refractivity contribution in [3.05, 3.63) is 51.9 Å². The van der Waals surface area contributed by atoms with Gasteiger partial charge < -0.3 is 9.64 Å². The van der Waals surface area contributed by atoms with E-state index < -0.39 is 5.60 Å². The Hall–Kier alpha value is -2.38. The number of nitrogens with one attached hydrogen (secondary N) is 1. The Morgan fingerprint density at radius 2 is 1.84 bits per heavy atom. The molecule has 2 heterocycles. The summed E-state index contributed by atoms with van der Waals surface area (Å²) in [5, 5.41) is 3.58. The molecule has 6 nitrogen and oxygen atoms in total. The van der Waals surface area contributed by atoms with E-state index in [1.807, 2.05) is 40.7 Å². The minimum absolute atomic E-state index is 0.186.